The van der Waals surface area contributed by atoms with Gasteiger partial charge in [-0.3, -0.25) is 0 Å². The molecule has 0 rings (SSSR count). The van der Waals surface area contributed by atoms with Crippen molar-refractivity contribution in [2.45, 2.75) is 32.7 Å². The zero-order valence-electron chi connectivity index (χ0n) is 8.31. The van der Waals surface area contributed by atoms with Crippen LogP contribution in [0, 0.1) is 0 Å². The molecule has 0 aliphatic carbocycles. The van der Waals surface area contributed by atoms with E-state index in [0.717, 1.165) is 39.1 Å². The fraction of sp³-hybridized carbons (Fsp3) is 1.00. The summed E-state index contributed by atoms with van der Waals surface area (Å²) in [6, 6.07) is 0.539. The van der Waals surface area contributed by atoms with Crippen LogP contribution < -0.4 is 11.1 Å². The van der Waals surface area contributed by atoms with Gasteiger partial charge in [-0.25, -0.2) is 0 Å². The second kappa shape index (κ2) is 8.97. The highest BCUT2D eigenvalue weighted by molar-refractivity contribution is 4.60. The topological polar surface area (TPSA) is 47.3 Å². The number of nitrogens with one attached hydrogen (secondary N) is 1. The van der Waals surface area contributed by atoms with Gasteiger partial charge in [-0.2, -0.15) is 0 Å². The van der Waals surface area contributed by atoms with Crippen molar-refractivity contribution in [2.24, 2.45) is 5.73 Å². The van der Waals surface area contributed by atoms with Crippen molar-refractivity contribution in [3.05, 3.63) is 0 Å². The van der Waals surface area contributed by atoms with Gasteiger partial charge in [-0.15, -0.1) is 0 Å². The van der Waals surface area contributed by atoms with Crippen LogP contribution in [0.5, 0.6) is 0 Å². The molecule has 0 saturated carbocycles. The van der Waals surface area contributed by atoms with Gasteiger partial charge in [-0.05, 0) is 39.8 Å². The van der Waals surface area contributed by atoms with Crippen LogP contribution in [-0.2, 0) is 4.74 Å². The first-order valence-corrected chi connectivity index (χ1v) is 4.82. The minimum absolute atomic E-state index is 0.539. The lowest BCUT2D eigenvalue weighted by atomic mass is 10.2. The molecule has 3 nitrogen and oxygen atoms in total. The van der Waals surface area contributed by atoms with Gasteiger partial charge < -0.3 is 15.8 Å². The molecule has 0 saturated heterocycles. The number of rotatable bonds is 8. The van der Waals surface area contributed by atoms with Gasteiger partial charge in [0.25, 0.3) is 0 Å². The molecule has 0 amide bonds. The maximum Gasteiger partial charge on any atom is 0.0477 e. The Labute approximate surface area is 75.7 Å². The molecule has 12 heavy (non-hydrogen) atoms. The Morgan fingerprint density at radius 2 is 2.25 bits per heavy atom. The molecule has 74 valence electrons. The van der Waals surface area contributed by atoms with Gasteiger partial charge in [-0.1, -0.05) is 0 Å². The first-order chi connectivity index (χ1) is 5.81. The molecule has 0 bridgehead atoms. The van der Waals surface area contributed by atoms with Crippen molar-refractivity contribution in [1.82, 2.24) is 5.32 Å². The molecule has 1 unspecified atom stereocenters. The van der Waals surface area contributed by atoms with Crippen LogP contribution in [0.1, 0.15) is 26.7 Å². The molecule has 1 atom stereocenters. The van der Waals surface area contributed by atoms with Crippen molar-refractivity contribution < 1.29 is 4.74 Å². The first kappa shape index (κ1) is 11.9. The minimum atomic E-state index is 0.539. The van der Waals surface area contributed by atoms with E-state index in [1.165, 1.54) is 0 Å². The van der Waals surface area contributed by atoms with E-state index >= 15 is 0 Å². The average Bonchev–Trinajstić information content (AvgIpc) is 2.05. The van der Waals surface area contributed by atoms with Gasteiger partial charge in [0, 0.05) is 19.3 Å². The van der Waals surface area contributed by atoms with E-state index in [4.69, 9.17) is 10.5 Å². The SMILES string of the molecule is CCOCCCNC(C)CCN. The van der Waals surface area contributed by atoms with Crippen LogP contribution in [0.25, 0.3) is 0 Å². The standard InChI is InChI=1S/C9H22N2O/c1-3-12-8-4-7-11-9(2)5-6-10/h9,11H,3-8,10H2,1-2H3. The third-order valence-corrected chi connectivity index (χ3v) is 1.76. The predicted molar refractivity (Wildman–Crippen MR) is 52.2 cm³/mol. The van der Waals surface area contributed by atoms with E-state index < -0.39 is 0 Å². The molecular formula is C9H22N2O. The maximum atomic E-state index is 5.42. The summed E-state index contributed by atoms with van der Waals surface area (Å²) < 4.78 is 5.21. The fourth-order valence-corrected chi connectivity index (χ4v) is 1.02. The van der Waals surface area contributed by atoms with Gasteiger partial charge in [0.05, 0.1) is 0 Å². The monoisotopic (exact) mass is 174 g/mol. The number of nitrogens with two attached hydrogens (primary N) is 1. The van der Waals surface area contributed by atoms with E-state index in [0.29, 0.717) is 6.04 Å². The molecule has 0 aliphatic rings. The van der Waals surface area contributed by atoms with Gasteiger partial charge in [0.15, 0.2) is 0 Å². The molecule has 3 heteroatoms. The average molecular weight is 174 g/mol. The molecular weight excluding hydrogens is 152 g/mol. The minimum Gasteiger partial charge on any atom is -0.382 e. The van der Waals surface area contributed by atoms with E-state index in [9.17, 15) is 0 Å². The second-order valence-electron chi connectivity index (χ2n) is 2.98. The summed E-state index contributed by atoms with van der Waals surface area (Å²) >= 11 is 0. The fourth-order valence-electron chi connectivity index (χ4n) is 1.02. The first-order valence-electron chi connectivity index (χ1n) is 4.82. The Balaban J connectivity index is 2.97. The predicted octanol–water partition coefficient (Wildman–Crippen LogP) is 0.740. The van der Waals surface area contributed by atoms with Crippen LogP contribution in [-0.4, -0.2) is 32.3 Å². The third-order valence-electron chi connectivity index (χ3n) is 1.76. The van der Waals surface area contributed by atoms with Gasteiger partial charge in [0.1, 0.15) is 0 Å². The third kappa shape index (κ3) is 7.98. The number of hydrogen-bond donors (Lipinski definition) is 2. The van der Waals surface area contributed by atoms with E-state index in [-0.39, 0.29) is 0 Å². The molecule has 0 fully saturated rings. The van der Waals surface area contributed by atoms with Crippen LogP contribution in [0.3, 0.4) is 0 Å². The van der Waals surface area contributed by atoms with E-state index in [2.05, 4.69) is 12.2 Å². The number of hydrogen-bond acceptors (Lipinski definition) is 3. The highest BCUT2D eigenvalue weighted by atomic mass is 16.5. The van der Waals surface area contributed by atoms with Crippen LogP contribution in [0.2, 0.25) is 0 Å². The Morgan fingerprint density at radius 1 is 1.50 bits per heavy atom. The van der Waals surface area contributed by atoms with Gasteiger partial charge in [0.2, 0.25) is 0 Å². The van der Waals surface area contributed by atoms with Crippen molar-refractivity contribution in [3.8, 4) is 0 Å². The largest absolute Gasteiger partial charge is 0.382 e. The lowest BCUT2D eigenvalue weighted by Gasteiger charge is -2.11. The summed E-state index contributed by atoms with van der Waals surface area (Å²) in [5, 5.41) is 3.38. The Morgan fingerprint density at radius 3 is 2.83 bits per heavy atom. The van der Waals surface area contributed by atoms with Crippen molar-refractivity contribution >= 4 is 0 Å². The van der Waals surface area contributed by atoms with E-state index in [1.807, 2.05) is 6.92 Å². The van der Waals surface area contributed by atoms with E-state index in [1.54, 1.807) is 0 Å². The zero-order chi connectivity index (χ0) is 9.23. The smallest absolute Gasteiger partial charge is 0.0477 e. The number of ether oxygens (including phenoxy) is 1. The van der Waals surface area contributed by atoms with Crippen molar-refractivity contribution in [2.75, 3.05) is 26.3 Å². The molecule has 0 aromatic rings. The molecule has 3 N–H and O–H groups in total. The molecule has 0 aliphatic heterocycles. The zero-order valence-corrected chi connectivity index (χ0v) is 8.31. The Hall–Kier alpha value is -0.120. The highest BCUT2D eigenvalue weighted by Gasteiger charge is 1.97. The lowest BCUT2D eigenvalue weighted by molar-refractivity contribution is 0.144. The molecule has 0 radical (unpaired) electrons. The summed E-state index contributed by atoms with van der Waals surface area (Å²) in [6.45, 7) is 7.65. The molecule has 0 aromatic heterocycles. The summed E-state index contributed by atoms with van der Waals surface area (Å²) in [5.74, 6) is 0. The second-order valence-corrected chi connectivity index (χ2v) is 2.98. The van der Waals surface area contributed by atoms with Crippen molar-refractivity contribution in [3.63, 3.8) is 0 Å². The highest BCUT2D eigenvalue weighted by Crippen LogP contribution is 1.88. The van der Waals surface area contributed by atoms with Crippen molar-refractivity contribution in [1.29, 1.82) is 0 Å². The van der Waals surface area contributed by atoms with Crippen LogP contribution in [0.15, 0.2) is 0 Å². The summed E-state index contributed by atoms with van der Waals surface area (Å²) in [7, 11) is 0. The summed E-state index contributed by atoms with van der Waals surface area (Å²) in [5.41, 5.74) is 5.42. The quantitative estimate of drug-likeness (QED) is 0.534. The Kier molecular flexibility index (Phi) is 8.88. The lowest BCUT2D eigenvalue weighted by Crippen LogP contribution is -2.29. The summed E-state index contributed by atoms with van der Waals surface area (Å²) in [6.07, 6.45) is 2.14. The molecule has 0 aromatic carbocycles. The Bertz CT molecular complexity index is 88.6. The van der Waals surface area contributed by atoms with Crippen LogP contribution >= 0.6 is 0 Å². The molecule has 0 spiro atoms. The maximum absolute atomic E-state index is 5.42. The van der Waals surface area contributed by atoms with Gasteiger partial charge >= 0.3 is 0 Å². The summed E-state index contributed by atoms with van der Waals surface area (Å²) in [4.78, 5) is 0. The normalized spacial score (nSPS) is 13.2. The van der Waals surface area contributed by atoms with Crippen LogP contribution in [0.4, 0.5) is 0 Å². The molecule has 0 heterocycles.